The number of aromatic nitrogens is 2. The van der Waals surface area contributed by atoms with E-state index in [4.69, 9.17) is 0 Å². The summed E-state index contributed by atoms with van der Waals surface area (Å²) in [5.41, 5.74) is 2.54. The van der Waals surface area contributed by atoms with Crippen molar-refractivity contribution in [2.45, 2.75) is 65.5 Å². The molecular formula is C16H30N4. The van der Waals surface area contributed by atoms with Crippen LogP contribution >= 0.6 is 0 Å². The lowest BCUT2D eigenvalue weighted by molar-refractivity contribution is 0.542. The molecule has 0 radical (unpaired) electrons. The Morgan fingerprint density at radius 2 is 1.70 bits per heavy atom. The first-order valence-electron chi connectivity index (χ1n) is 8.10. The van der Waals surface area contributed by atoms with Crippen molar-refractivity contribution in [3.8, 4) is 0 Å². The summed E-state index contributed by atoms with van der Waals surface area (Å²) >= 11 is 0. The fourth-order valence-corrected chi connectivity index (χ4v) is 3.06. The van der Waals surface area contributed by atoms with Gasteiger partial charge in [0.05, 0.1) is 5.69 Å². The highest BCUT2D eigenvalue weighted by molar-refractivity contribution is 5.50. The standard InChI is InChI=1S/C16H30N4/c1-13(2)17-12-15-14(3)18-19(4)16(15)20-10-8-6-5-7-9-11-20/h13,17H,5-12H2,1-4H3. The lowest BCUT2D eigenvalue weighted by Crippen LogP contribution is -2.31. The average molecular weight is 278 g/mol. The van der Waals surface area contributed by atoms with E-state index < -0.39 is 0 Å². The van der Waals surface area contributed by atoms with Crippen LogP contribution in [0.3, 0.4) is 0 Å². The molecule has 114 valence electrons. The van der Waals surface area contributed by atoms with Crippen molar-refractivity contribution in [3.05, 3.63) is 11.3 Å². The summed E-state index contributed by atoms with van der Waals surface area (Å²) in [6.07, 6.45) is 6.75. The molecule has 1 N–H and O–H groups in total. The van der Waals surface area contributed by atoms with E-state index in [1.165, 1.54) is 56.6 Å². The van der Waals surface area contributed by atoms with Gasteiger partial charge in [0.1, 0.15) is 5.82 Å². The fraction of sp³-hybridized carbons (Fsp3) is 0.812. The maximum Gasteiger partial charge on any atom is 0.131 e. The van der Waals surface area contributed by atoms with Gasteiger partial charge in [0.2, 0.25) is 0 Å². The molecule has 4 heteroatoms. The third kappa shape index (κ3) is 3.75. The Labute approximate surface area is 123 Å². The number of anilines is 1. The van der Waals surface area contributed by atoms with E-state index in [2.05, 4.69) is 47.8 Å². The van der Waals surface area contributed by atoms with Crippen molar-refractivity contribution in [1.29, 1.82) is 0 Å². The van der Waals surface area contributed by atoms with Crippen molar-refractivity contribution < 1.29 is 0 Å². The first-order chi connectivity index (χ1) is 9.59. The van der Waals surface area contributed by atoms with Gasteiger partial charge in [-0.2, -0.15) is 5.10 Å². The molecule has 1 aromatic heterocycles. The van der Waals surface area contributed by atoms with Crippen LogP contribution in [0.1, 0.15) is 57.2 Å². The summed E-state index contributed by atoms with van der Waals surface area (Å²) < 4.78 is 2.08. The zero-order chi connectivity index (χ0) is 14.5. The first kappa shape index (κ1) is 15.4. The average Bonchev–Trinajstić information content (AvgIpc) is 2.61. The van der Waals surface area contributed by atoms with E-state index in [1.807, 2.05) is 0 Å². The van der Waals surface area contributed by atoms with E-state index in [0.717, 1.165) is 12.2 Å². The second-order valence-electron chi connectivity index (χ2n) is 6.30. The molecule has 1 fully saturated rings. The SMILES string of the molecule is Cc1nn(C)c(N2CCCCCCC2)c1CNC(C)C. The van der Waals surface area contributed by atoms with Crippen LogP contribution in [-0.4, -0.2) is 28.9 Å². The van der Waals surface area contributed by atoms with Gasteiger partial charge < -0.3 is 10.2 Å². The molecule has 2 heterocycles. The molecule has 20 heavy (non-hydrogen) atoms. The van der Waals surface area contributed by atoms with E-state index in [0.29, 0.717) is 6.04 Å². The summed E-state index contributed by atoms with van der Waals surface area (Å²) in [7, 11) is 2.08. The van der Waals surface area contributed by atoms with Crippen molar-refractivity contribution in [3.63, 3.8) is 0 Å². The zero-order valence-corrected chi connectivity index (χ0v) is 13.6. The van der Waals surface area contributed by atoms with Gasteiger partial charge >= 0.3 is 0 Å². The summed E-state index contributed by atoms with van der Waals surface area (Å²) in [6, 6.07) is 0.509. The van der Waals surface area contributed by atoms with Crippen LogP contribution in [0.5, 0.6) is 0 Å². The van der Waals surface area contributed by atoms with Crippen molar-refractivity contribution in [1.82, 2.24) is 15.1 Å². The smallest absolute Gasteiger partial charge is 0.131 e. The van der Waals surface area contributed by atoms with Gasteiger partial charge in [-0.25, -0.2) is 0 Å². The number of hydrogen-bond acceptors (Lipinski definition) is 3. The fourth-order valence-electron chi connectivity index (χ4n) is 3.06. The normalized spacial score (nSPS) is 17.4. The molecule has 0 amide bonds. The largest absolute Gasteiger partial charge is 0.357 e. The highest BCUT2D eigenvalue weighted by atomic mass is 15.4. The topological polar surface area (TPSA) is 33.1 Å². The number of hydrogen-bond donors (Lipinski definition) is 1. The highest BCUT2D eigenvalue weighted by Crippen LogP contribution is 2.25. The summed E-state index contributed by atoms with van der Waals surface area (Å²) in [4.78, 5) is 2.55. The molecule has 1 aliphatic heterocycles. The van der Waals surface area contributed by atoms with Gasteiger partial charge in [-0.15, -0.1) is 0 Å². The van der Waals surface area contributed by atoms with Crippen molar-refractivity contribution in [2.75, 3.05) is 18.0 Å². The Bertz CT molecular complexity index is 414. The van der Waals surface area contributed by atoms with E-state index in [9.17, 15) is 0 Å². The number of rotatable bonds is 4. The number of nitrogens with zero attached hydrogens (tertiary/aromatic N) is 3. The molecule has 0 bridgehead atoms. The minimum absolute atomic E-state index is 0.509. The second-order valence-corrected chi connectivity index (χ2v) is 6.30. The Balaban J connectivity index is 2.19. The Morgan fingerprint density at radius 3 is 2.30 bits per heavy atom. The Morgan fingerprint density at radius 1 is 1.10 bits per heavy atom. The van der Waals surface area contributed by atoms with Crippen molar-refractivity contribution >= 4 is 5.82 Å². The lowest BCUT2D eigenvalue weighted by Gasteiger charge is -2.28. The Hall–Kier alpha value is -1.03. The highest BCUT2D eigenvalue weighted by Gasteiger charge is 2.19. The Kier molecular flexibility index (Phi) is 5.46. The van der Waals surface area contributed by atoms with Gasteiger partial charge in [-0.1, -0.05) is 33.1 Å². The quantitative estimate of drug-likeness (QED) is 0.919. The molecule has 1 aromatic rings. The van der Waals surface area contributed by atoms with Crippen LogP contribution in [0.2, 0.25) is 0 Å². The van der Waals surface area contributed by atoms with Gasteiger partial charge in [0.15, 0.2) is 0 Å². The summed E-state index contributed by atoms with van der Waals surface area (Å²) in [5.74, 6) is 1.33. The maximum atomic E-state index is 4.65. The van der Waals surface area contributed by atoms with Gasteiger partial charge in [-0.3, -0.25) is 4.68 Å². The van der Waals surface area contributed by atoms with E-state index in [-0.39, 0.29) is 0 Å². The molecule has 2 rings (SSSR count). The van der Waals surface area contributed by atoms with Crippen LogP contribution in [0.4, 0.5) is 5.82 Å². The van der Waals surface area contributed by atoms with Crippen LogP contribution < -0.4 is 10.2 Å². The van der Waals surface area contributed by atoms with Crippen LogP contribution in [0, 0.1) is 6.92 Å². The molecule has 1 aliphatic rings. The summed E-state index contributed by atoms with van der Waals surface area (Å²) in [6.45, 7) is 9.79. The minimum atomic E-state index is 0.509. The predicted molar refractivity (Wildman–Crippen MR) is 85.2 cm³/mol. The van der Waals surface area contributed by atoms with Gasteiger partial charge in [0, 0.05) is 38.3 Å². The third-order valence-electron chi connectivity index (χ3n) is 4.16. The van der Waals surface area contributed by atoms with Gasteiger partial charge in [-0.05, 0) is 19.8 Å². The molecule has 4 nitrogen and oxygen atoms in total. The molecule has 0 spiro atoms. The van der Waals surface area contributed by atoms with Gasteiger partial charge in [0.25, 0.3) is 0 Å². The zero-order valence-electron chi connectivity index (χ0n) is 13.6. The maximum absolute atomic E-state index is 4.65. The van der Waals surface area contributed by atoms with Crippen LogP contribution in [0.15, 0.2) is 0 Å². The monoisotopic (exact) mass is 278 g/mol. The van der Waals surface area contributed by atoms with E-state index >= 15 is 0 Å². The molecule has 0 saturated carbocycles. The van der Waals surface area contributed by atoms with Crippen LogP contribution in [0.25, 0.3) is 0 Å². The number of aryl methyl sites for hydroxylation is 2. The van der Waals surface area contributed by atoms with Crippen molar-refractivity contribution in [2.24, 2.45) is 7.05 Å². The molecule has 0 unspecified atom stereocenters. The second kappa shape index (κ2) is 7.11. The third-order valence-corrected chi connectivity index (χ3v) is 4.16. The predicted octanol–water partition coefficient (Wildman–Crippen LogP) is 3.00. The molecule has 0 aliphatic carbocycles. The molecular weight excluding hydrogens is 248 g/mol. The molecule has 1 saturated heterocycles. The molecule has 0 atom stereocenters. The lowest BCUT2D eigenvalue weighted by atomic mass is 10.1. The summed E-state index contributed by atoms with van der Waals surface area (Å²) in [5, 5.41) is 8.20. The minimum Gasteiger partial charge on any atom is -0.357 e. The number of nitrogens with one attached hydrogen (secondary N) is 1. The van der Waals surface area contributed by atoms with E-state index in [1.54, 1.807) is 0 Å². The van der Waals surface area contributed by atoms with Crippen LogP contribution in [-0.2, 0) is 13.6 Å². The first-order valence-corrected chi connectivity index (χ1v) is 8.10. The molecule has 0 aromatic carbocycles.